The van der Waals surface area contributed by atoms with Crippen molar-refractivity contribution in [3.05, 3.63) is 64.5 Å². The molecular weight excluding hydrogens is 723 g/mol. The molecule has 2 aliphatic carbocycles. The van der Waals surface area contributed by atoms with E-state index in [1.807, 2.05) is 49.1 Å². The lowest BCUT2D eigenvalue weighted by Gasteiger charge is -2.29. The molecule has 3 fully saturated rings. The molecule has 2 aromatic heterocycles. The van der Waals surface area contributed by atoms with Gasteiger partial charge in [-0.15, -0.1) is 5.10 Å². The van der Waals surface area contributed by atoms with Crippen molar-refractivity contribution >= 4 is 62.0 Å². The molecule has 2 aromatic carbocycles. The van der Waals surface area contributed by atoms with Gasteiger partial charge in [0.25, 0.3) is 0 Å². The molecule has 0 radical (unpaired) electrons. The molecule has 0 unspecified atom stereocenters. The lowest BCUT2D eigenvalue weighted by Crippen LogP contribution is -2.41. The molecule has 2 atom stereocenters. The Morgan fingerprint density at radius 3 is 2.22 bits per heavy atom. The fourth-order valence-electron chi connectivity index (χ4n) is 7.71. The molecule has 1 saturated heterocycles. The number of aryl methyl sites for hydroxylation is 1. The topological polar surface area (TPSA) is 166 Å². The molecule has 2 saturated carbocycles. The number of ether oxygens (including phenoxy) is 2. The SMILES string of the molecule is Cc1ccc2c(c1)[C@]1(C[C@H]1c1ccc3c(Nc4nc(C5CC5)nc(N5CCS(=O)(=O)CC5)c4C)nn(C(=O)OC(C)(C)C)c3c1)C(=O)N2C(=O)OC(C)(C)C. The van der Waals surface area contributed by atoms with Crippen LogP contribution < -0.4 is 15.1 Å². The third kappa shape index (κ3) is 6.70. The molecule has 2 amide bonds. The molecule has 0 bridgehead atoms. The third-order valence-electron chi connectivity index (χ3n) is 10.6. The summed E-state index contributed by atoms with van der Waals surface area (Å²) in [6.45, 7) is 15.2. The van der Waals surface area contributed by atoms with Crippen LogP contribution in [0, 0.1) is 13.8 Å². The van der Waals surface area contributed by atoms with E-state index in [0.717, 1.165) is 35.1 Å². The minimum absolute atomic E-state index is 0.0589. The van der Waals surface area contributed by atoms with Crippen LogP contribution >= 0.6 is 0 Å². The zero-order chi connectivity index (χ0) is 39.4. The maximum absolute atomic E-state index is 14.3. The average molecular weight is 770 g/mol. The summed E-state index contributed by atoms with van der Waals surface area (Å²) in [6.07, 6.45) is 1.04. The Labute approximate surface area is 320 Å². The lowest BCUT2D eigenvalue weighted by molar-refractivity contribution is -0.120. The van der Waals surface area contributed by atoms with Gasteiger partial charge in [0.05, 0.1) is 28.1 Å². The Morgan fingerprint density at radius 2 is 1.56 bits per heavy atom. The van der Waals surface area contributed by atoms with Crippen molar-refractivity contribution in [2.24, 2.45) is 0 Å². The van der Waals surface area contributed by atoms with Crippen LogP contribution in [0.3, 0.4) is 0 Å². The van der Waals surface area contributed by atoms with Gasteiger partial charge in [0.1, 0.15) is 28.7 Å². The highest BCUT2D eigenvalue weighted by Crippen LogP contribution is 2.66. The van der Waals surface area contributed by atoms with Gasteiger partial charge >= 0.3 is 12.2 Å². The van der Waals surface area contributed by atoms with Gasteiger partial charge in [-0.3, -0.25) is 4.79 Å². The zero-order valence-corrected chi connectivity index (χ0v) is 33.3. The van der Waals surface area contributed by atoms with Crippen molar-refractivity contribution in [3.8, 4) is 0 Å². The van der Waals surface area contributed by atoms with Crippen LogP contribution in [0.15, 0.2) is 36.4 Å². The number of rotatable bonds is 5. The molecule has 4 heterocycles. The maximum Gasteiger partial charge on any atom is 0.435 e. The number of imide groups is 1. The summed E-state index contributed by atoms with van der Waals surface area (Å²) in [4.78, 5) is 54.5. The minimum atomic E-state index is -3.10. The van der Waals surface area contributed by atoms with Gasteiger partial charge in [-0.2, -0.15) is 4.68 Å². The van der Waals surface area contributed by atoms with Gasteiger partial charge in [-0.25, -0.2) is 32.9 Å². The Bertz CT molecular complexity index is 2390. The van der Waals surface area contributed by atoms with E-state index >= 15 is 0 Å². The number of carbonyl (C=O) groups excluding carboxylic acids is 3. The number of anilines is 4. The van der Waals surface area contributed by atoms with Crippen LogP contribution in [0.4, 0.5) is 32.7 Å². The Morgan fingerprint density at radius 1 is 0.891 bits per heavy atom. The molecule has 290 valence electrons. The highest BCUT2D eigenvalue weighted by atomic mass is 32.2. The lowest BCUT2D eigenvalue weighted by atomic mass is 9.91. The standard InChI is InChI=1S/C40H47N7O7S/c1-22-9-14-29-27(19-22)40(35(48)46(29)36(49)53-38(3,4)5)21-28(40)25-12-13-26-30(20-25)47(37(50)54-39(6,7)8)44-33(26)42-31-23(2)34(43-32(41-31)24-10-11-24)45-15-17-55(51,52)18-16-45/h9,12-14,19-20,24,28H,10-11,15-18,21H2,1-8H3,(H,41,42,43,44)/t28-,40-/m0/s1. The Hall–Kier alpha value is -5.05. The van der Waals surface area contributed by atoms with E-state index in [0.29, 0.717) is 59.4 Å². The second-order valence-electron chi connectivity index (χ2n) is 17.3. The minimum Gasteiger partial charge on any atom is -0.443 e. The van der Waals surface area contributed by atoms with Gasteiger partial charge in [0.15, 0.2) is 15.7 Å². The third-order valence-corrected chi connectivity index (χ3v) is 12.2. The smallest absolute Gasteiger partial charge is 0.435 e. The number of hydrogen-bond donors (Lipinski definition) is 1. The fraction of sp³-hybridized carbons (Fsp3) is 0.500. The number of carbonyl (C=O) groups is 3. The molecule has 15 heteroatoms. The van der Waals surface area contributed by atoms with Crippen molar-refractivity contribution in [1.82, 2.24) is 19.7 Å². The molecule has 4 aliphatic rings. The van der Waals surface area contributed by atoms with Gasteiger partial charge in [0.2, 0.25) is 5.91 Å². The van der Waals surface area contributed by atoms with Crippen molar-refractivity contribution < 1.29 is 32.3 Å². The zero-order valence-electron chi connectivity index (χ0n) is 32.5. The predicted molar refractivity (Wildman–Crippen MR) is 208 cm³/mol. The average Bonchev–Trinajstić information content (AvgIpc) is 4.00. The highest BCUT2D eigenvalue weighted by Gasteiger charge is 2.68. The first-order valence-corrected chi connectivity index (χ1v) is 20.6. The summed E-state index contributed by atoms with van der Waals surface area (Å²) in [5, 5.41) is 8.77. The number of amides is 2. The number of sulfone groups is 1. The summed E-state index contributed by atoms with van der Waals surface area (Å²) in [6, 6.07) is 11.3. The monoisotopic (exact) mass is 769 g/mol. The van der Waals surface area contributed by atoms with Crippen LogP contribution in [-0.4, -0.2) is 82.1 Å². The molecule has 1 N–H and O–H groups in total. The first-order chi connectivity index (χ1) is 25.7. The van der Waals surface area contributed by atoms with E-state index in [9.17, 15) is 22.8 Å². The van der Waals surface area contributed by atoms with Gasteiger partial charge < -0.3 is 19.7 Å². The largest absolute Gasteiger partial charge is 0.443 e. The van der Waals surface area contributed by atoms with E-state index in [1.54, 1.807) is 47.6 Å². The second-order valence-corrected chi connectivity index (χ2v) is 19.6. The predicted octanol–water partition coefficient (Wildman–Crippen LogP) is 6.79. The summed E-state index contributed by atoms with van der Waals surface area (Å²) in [7, 11) is -3.10. The van der Waals surface area contributed by atoms with Crippen LogP contribution in [-0.2, 0) is 29.5 Å². The quantitative estimate of drug-likeness (QED) is 0.226. The molecule has 14 nitrogen and oxygen atoms in total. The van der Waals surface area contributed by atoms with Crippen molar-refractivity contribution in [2.75, 3.05) is 39.7 Å². The van der Waals surface area contributed by atoms with E-state index in [2.05, 4.69) is 5.32 Å². The van der Waals surface area contributed by atoms with Gasteiger partial charge in [0, 0.05) is 35.9 Å². The second kappa shape index (κ2) is 12.5. The first-order valence-electron chi connectivity index (χ1n) is 18.8. The molecule has 2 aliphatic heterocycles. The normalized spacial score (nSPS) is 21.9. The fourth-order valence-corrected chi connectivity index (χ4v) is 8.91. The van der Waals surface area contributed by atoms with Gasteiger partial charge in [-0.05, 0) is 104 Å². The number of nitrogens with one attached hydrogen (secondary N) is 1. The number of hydrogen-bond acceptors (Lipinski definition) is 12. The molecule has 1 spiro atoms. The molecule has 4 aromatic rings. The summed E-state index contributed by atoms with van der Waals surface area (Å²) < 4.78 is 37.2. The molecular formula is C40H47N7O7S. The van der Waals surface area contributed by atoms with Crippen molar-refractivity contribution in [3.63, 3.8) is 0 Å². The van der Waals surface area contributed by atoms with E-state index in [1.165, 1.54) is 9.58 Å². The van der Waals surface area contributed by atoms with Crippen LogP contribution in [0.25, 0.3) is 10.9 Å². The molecule has 8 rings (SSSR count). The van der Waals surface area contributed by atoms with Crippen LogP contribution in [0.5, 0.6) is 0 Å². The Kier molecular flexibility index (Phi) is 8.38. The van der Waals surface area contributed by atoms with Gasteiger partial charge in [-0.1, -0.05) is 23.8 Å². The Balaban J connectivity index is 1.18. The van der Waals surface area contributed by atoms with Crippen LogP contribution in [0.2, 0.25) is 0 Å². The van der Waals surface area contributed by atoms with Crippen molar-refractivity contribution in [2.45, 2.75) is 103 Å². The molecule has 55 heavy (non-hydrogen) atoms. The van der Waals surface area contributed by atoms with Crippen LogP contribution in [0.1, 0.15) is 101 Å². The summed E-state index contributed by atoms with van der Waals surface area (Å²) in [5.74, 6) is 1.99. The first kappa shape index (κ1) is 36.9. The van der Waals surface area contributed by atoms with Crippen molar-refractivity contribution in [1.29, 1.82) is 0 Å². The number of aromatic nitrogens is 4. The van der Waals surface area contributed by atoms with E-state index < -0.39 is 38.6 Å². The van der Waals surface area contributed by atoms with E-state index in [4.69, 9.17) is 24.5 Å². The highest BCUT2D eigenvalue weighted by molar-refractivity contribution is 7.91. The number of fused-ring (bicyclic) bond motifs is 3. The number of benzene rings is 2. The number of nitrogens with zero attached hydrogens (tertiary/aromatic N) is 6. The maximum atomic E-state index is 14.3. The summed E-state index contributed by atoms with van der Waals surface area (Å²) in [5.41, 5.74) is 1.74. The van der Waals surface area contributed by atoms with E-state index in [-0.39, 0.29) is 29.2 Å². The summed E-state index contributed by atoms with van der Waals surface area (Å²) >= 11 is 0.